The highest BCUT2D eigenvalue weighted by atomic mass is 19.4. The molecular formula is C11H14F3N3O3. The van der Waals surface area contributed by atoms with Crippen LogP contribution in [-0.4, -0.2) is 43.4 Å². The van der Waals surface area contributed by atoms with Crippen molar-refractivity contribution in [3.8, 4) is 5.88 Å². The maximum absolute atomic E-state index is 11.9. The van der Waals surface area contributed by atoms with E-state index in [9.17, 15) is 18.0 Å². The lowest BCUT2D eigenvalue weighted by atomic mass is 10.3. The van der Waals surface area contributed by atoms with Crippen LogP contribution in [0.4, 0.5) is 18.9 Å². The molecule has 1 aromatic heterocycles. The number of amides is 1. The van der Waals surface area contributed by atoms with E-state index < -0.39 is 24.8 Å². The number of halogens is 3. The van der Waals surface area contributed by atoms with Gasteiger partial charge in [0.05, 0.1) is 11.9 Å². The highest BCUT2D eigenvalue weighted by Crippen LogP contribution is 2.18. The zero-order chi connectivity index (χ0) is 15.2. The minimum absolute atomic E-state index is 0.00252. The zero-order valence-electron chi connectivity index (χ0n) is 10.6. The van der Waals surface area contributed by atoms with Gasteiger partial charge in [-0.2, -0.15) is 13.2 Å². The summed E-state index contributed by atoms with van der Waals surface area (Å²) in [6.07, 6.45) is -4.06. The predicted molar refractivity (Wildman–Crippen MR) is 64.3 cm³/mol. The molecule has 0 aliphatic rings. The molecule has 0 fully saturated rings. The average molecular weight is 293 g/mol. The molecule has 0 aliphatic heterocycles. The van der Waals surface area contributed by atoms with Crippen molar-refractivity contribution in [2.45, 2.75) is 12.3 Å². The largest absolute Gasteiger partial charge is 0.468 e. The summed E-state index contributed by atoms with van der Waals surface area (Å²) in [4.78, 5) is 15.2. The van der Waals surface area contributed by atoms with Crippen LogP contribution in [0.15, 0.2) is 18.3 Å². The van der Waals surface area contributed by atoms with E-state index in [0.717, 1.165) is 0 Å². The molecule has 0 saturated heterocycles. The van der Waals surface area contributed by atoms with Gasteiger partial charge in [-0.25, -0.2) is 4.98 Å². The number of hydrogen-bond donors (Lipinski definition) is 2. The molecule has 20 heavy (non-hydrogen) atoms. The maximum Gasteiger partial charge on any atom is 0.422 e. The first-order chi connectivity index (χ1) is 9.35. The fourth-order valence-corrected chi connectivity index (χ4v) is 1.23. The van der Waals surface area contributed by atoms with E-state index >= 15 is 0 Å². The molecule has 6 nitrogen and oxygen atoms in total. The number of rotatable bonds is 6. The third kappa shape index (κ3) is 5.41. The summed E-state index contributed by atoms with van der Waals surface area (Å²) in [6, 6.07) is 2.57. The van der Waals surface area contributed by atoms with Crippen molar-refractivity contribution < 1.29 is 27.4 Å². The SMILES string of the molecule is COC(CN)C(=O)Nc1ccc(OCC(F)(F)F)nc1. The number of nitrogens with two attached hydrogens (primary N) is 1. The molecule has 3 N–H and O–H groups in total. The molecule has 1 atom stereocenters. The molecule has 0 aliphatic carbocycles. The molecule has 0 spiro atoms. The summed E-state index contributed by atoms with van der Waals surface area (Å²) in [5.74, 6) is -0.664. The summed E-state index contributed by atoms with van der Waals surface area (Å²) in [6.45, 7) is -1.42. The third-order valence-electron chi connectivity index (χ3n) is 2.18. The Bertz CT molecular complexity index is 433. The van der Waals surface area contributed by atoms with Gasteiger partial charge >= 0.3 is 6.18 Å². The van der Waals surface area contributed by atoms with Crippen LogP contribution in [0.1, 0.15) is 0 Å². The van der Waals surface area contributed by atoms with E-state index in [1.165, 1.54) is 25.4 Å². The second kappa shape index (κ2) is 7.06. The number of methoxy groups -OCH3 is 1. The van der Waals surface area contributed by atoms with Crippen molar-refractivity contribution in [1.29, 1.82) is 0 Å². The number of nitrogens with zero attached hydrogens (tertiary/aromatic N) is 1. The van der Waals surface area contributed by atoms with E-state index in [4.69, 9.17) is 10.5 Å². The fraction of sp³-hybridized carbons (Fsp3) is 0.455. The number of carbonyl (C=O) groups is 1. The van der Waals surface area contributed by atoms with Gasteiger partial charge in [0.25, 0.3) is 5.91 Å². The van der Waals surface area contributed by atoms with Crippen LogP contribution < -0.4 is 15.8 Å². The van der Waals surface area contributed by atoms with Gasteiger partial charge in [-0.05, 0) is 6.07 Å². The van der Waals surface area contributed by atoms with Gasteiger partial charge in [0, 0.05) is 19.7 Å². The van der Waals surface area contributed by atoms with Crippen LogP contribution in [0.5, 0.6) is 5.88 Å². The Balaban J connectivity index is 2.56. The molecule has 1 heterocycles. The lowest BCUT2D eigenvalue weighted by Crippen LogP contribution is -2.35. The van der Waals surface area contributed by atoms with Crippen molar-refractivity contribution in [1.82, 2.24) is 4.98 Å². The van der Waals surface area contributed by atoms with Gasteiger partial charge < -0.3 is 20.5 Å². The Morgan fingerprint density at radius 2 is 2.20 bits per heavy atom. The number of aromatic nitrogens is 1. The normalized spacial score (nSPS) is 12.8. The smallest absolute Gasteiger partial charge is 0.422 e. The van der Waals surface area contributed by atoms with Gasteiger partial charge in [-0.1, -0.05) is 0 Å². The molecular weight excluding hydrogens is 279 g/mol. The molecule has 0 bridgehead atoms. The molecule has 1 unspecified atom stereocenters. The third-order valence-corrected chi connectivity index (χ3v) is 2.18. The van der Waals surface area contributed by atoms with Gasteiger partial charge in [-0.15, -0.1) is 0 Å². The summed E-state index contributed by atoms with van der Waals surface area (Å²) in [5.41, 5.74) is 5.61. The lowest BCUT2D eigenvalue weighted by Gasteiger charge is -2.13. The standard InChI is InChI=1S/C11H14F3N3O3/c1-19-8(4-15)10(18)17-7-2-3-9(16-5-7)20-6-11(12,13)14/h2-3,5,8H,4,6,15H2,1H3,(H,17,18). The summed E-state index contributed by atoms with van der Waals surface area (Å²) in [5, 5.41) is 2.46. The van der Waals surface area contributed by atoms with Crippen molar-refractivity contribution in [2.75, 3.05) is 25.6 Å². The number of nitrogens with one attached hydrogen (secondary N) is 1. The molecule has 112 valence electrons. The summed E-state index contributed by atoms with van der Waals surface area (Å²) in [7, 11) is 1.34. The van der Waals surface area contributed by atoms with Gasteiger partial charge in [-0.3, -0.25) is 4.79 Å². The second-order valence-electron chi connectivity index (χ2n) is 3.74. The lowest BCUT2D eigenvalue weighted by molar-refractivity contribution is -0.154. The van der Waals surface area contributed by atoms with Gasteiger partial charge in [0.2, 0.25) is 5.88 Å². The van der Waals surface area contributed by atoms with Crippen LogP contribution >= 0.6 is 0 Å². The first kappa shape index (κ1) is 16.2. The molecule has 0 aromatic carbocycles. The highest BCUT2D eigenvalue weighted by Gasteiger charge is 2.28. The van der Waals surface area contributed by atoms with E-state index in [-0.39, 0.29) is 12.4 Å². The number of carbonyl (C=O) groups excluding carboxylic acids is 1. The topological polar surface area (TPSA) is 86.5 Å². The Hall–Kier alpha value is -1.87. The Morgan fingerprint density at radius 1 is 1.50 bits per heavy atom. The van der Waals surface area contributed by atoms with E-state index in [0.29, 0.717) is 5.69 Å². The number of hydrogen-bond acceptors (Lipinski definition) is 5. The van der Waals surface area contributed by atoms with Crippen molar-refractivity contribution in [3.63, 3.8) is 0 Å². The first-order valence-electron chi connectivity index (χ1n) is 5.55. The number of ether oxygens (including phenoxy) is 2. The number of pyridine rings is 1. The second-order valence-corrected chi connectivity index (χ2v) is 3.74. The minimum atomic E-state index is -4.43. The predicted octanol–water partition coefficient (Wildman–Crippen LogP) is 0.935. The zero-order valence-corrected chi connectivity index (χ0v) is 10.6. The Labute approximate surface area is 113 Å². The van der Waals surface area contributed by atoms with Crippen LogP contribution in [0, 0.1) is 0 Å². The molecule has 1 rings (SSSR count). The molecule has 0 saturated carbocycles. The van der Waals surface area contributed by atoms with E-state index in [1.807, 2.05) is 0 Å². The average Bonchev–Trinajstić information content (AvgIpc) is 2.38. The Morgan fingerprint density at radius 3 is 2.65 bits per heavy atom. The van der Waals surface area contributed by atoms with Crippen LogP contribution in [0.2, 0.25) is 0 Å². The quantitative estimate of drug-likeness (QED) is 0.815. The van der Waals surface area contributed by atoms with Crippen LogP contribution in [0.25, 0.3) is 0 Å². The number of alkyl halides is 3. The first-order valence-corrected chi connectivity index (χ1v) is 5.55. The number of anilines is 1. The van der Waals surface area contributed by atoms with Crippen molar-refractivity contribution >= 4 is 11.6 Å². The van der Waals surface area contributed by atoms with Crippen molar-refractivity contribution in [2.24, 2.45) is 5.73 Å². The molecule has 1 aromatic rings. The van der Waals surface area contributed by atoms with Gasteiger partial charge in [0.15, 0.2) is 6.61 Å². The van der Waals surface area contributed by atoms with Crippen LogP contribution in [-0.2, 0) is 9.53 Å². The summed E-state index contributed by atoms with van der Waals surface area (Å²) < 4.78 is 45.0. The van der Waals surface area contributed by atoms with E-state index in [2.05, 4.69) is 15.0 Å². The molecule has 0 radical (unpaired) electrons. The fourth-order valence-electron chi connectivity index (χ4n) is 1.23. The Kier molecular flexibility index (Phi) is 5.71. The maximum atomic E-state index is 11.9. The van der Waals surface area contributed by atoms with Crippen molar-refractivity contribution in [3.05, 3.63) is 18.3 Å². The highest BCUT2D eigenvalue weighted by molar-refractivity contribution is 5.94. The van der Waals surface area contributed by atoms with E-state index in [1.54, 1.807) is 0 Å². The minimum Gasteiger partial charge on any atom is -0.468 e. The molecule has 1 amide bonds. The van der Waals surface area contributed by atoms with Gasteiger partial charge in [0.1, 0.15) is 6.10 Å². The summed E-state index contributed by atoms with van der Waals surface area (Å²) >= 11 is 0. The molecule has 9 heteroatoms. The monoisotopic (exact) mass is 293 g/mol. The van der Waals surface area contributed by atoms with Crippen LogP contribution in [0.3, 0.4) is 0 Å².